The zero-order chi connectivity index (χ0) is 20.2. The molecule has 29 heavy (non-hydrogen) atoms. The van der Waals surface area contributed by atoms with Gasteiger partial charge in [0.15, 0.2) is 5.76 Å². The molecule has 0 saturated carbocycles. The predicted octanol–water partition coefficient (Wildman–Crippen LogP) is 4.83. The average molecular weight is 407 g/mol. The minimum atomic E-state index is -0.351. The second-order valence-electron chi connectivity index (χ2n) is 6.11. The monoisotopic (exact) mass is 406 g/mol. The Morgan fingerprint density at radius 1 is 0.897 bits per heavy atom. The molecule has 2 heterocycles. The van der Waals surface area contributed by atoms with Crippen molar-refractivity contribution in [2.75, 3.05) is 10.6 Å². The Bertz CT molecular complexity index is 1150. The van der Waals surface area contributed by atoms with E-state index in [9.17, 15) is 9.59 Å². The summed E-state index contributed by atoms with van der Waals surface area (Å²) in [7, 11) is 0. The van der Waals surface area contributed by atoms with Crippen LogP contribution in [-0.2, 0) is 0 Å². The number of anilines is 2. The highest BCUT2D eigenvalue weighted by atomic mass is 35.5. The van der Waals surface area contributed by atoms with Crippen LogP contribution in [0.1, 0.15) is 21.0 Å². The molecule has 2 aromatic heterocycles. The van der Waals surface area contributed by atoms with Crippen molar-refractivity contribution in [3.8, 4) is 11.3 Å². The first-order valence-corrected chi connectivity index (χ1v) is 9.04. The van der Waals surface area contributed by atoms with Gasteiger partial charge in [-0.1, -0.05) is 29.8 Å². The molecule has 0 bridgehead atoms. The van der Waals surface area contributed by atoms with Gasteiger partial charge in [-0.2, -0.15) is 5.10 Å². The third kappa shape index (κ3) is 4.20. The first-order valence-electron chi connectivity index (χ1n) is 8.67. The van der Waals surface area contributed by atoms with Gasteiger partial charge in [0.1, 0.15) is 5.69 Å². The van der Waals surface area contributed by atoms with Gasteiger partial charge in [0.05, 0.1) is 17.0 Å². The fraction of sp³-hybridized carbons (Fsp3) is 0. The largest absolute Gasteiger partial charge is 0.459 e. The molecule has 0 unspecified atom stereocenters. The van der Waals surface area contributed by atoms with E-state index in [-0.39, 0.29) is 17.6 Å². The molecule has 4 rings (SSSR count). The van der Waals surface area contributed by atoms with Crippen molar-refractivity contribution in [3.63, 3.8) is 0 Å². The van der Waals surface area contributed by atoms with E-state index in [1.165, 1.54) is 6.26 Å². The number of carbonyl (C=O) groups is 2. The number of amides is 2. The number of furan rings is 1. The minimum absolute atomic E-state index is 0.218. The molecule has 3 N–H and O–H groups in total. The predicted molar refractivity (Wildman–Crippen MR) is 110 cm³/mol. The fourth-order valence-corrected chi connectivity index (χ4v) is 2.91. The number of benzene rings is 2. The number of aromatic amines is 1. The van der Waals surface area contributed by atoms with Crippen LogP contribution in [-0.4, -0.2) is 22.0 Å². The Hall–Kier alpha value is -3.84. The highest BCUT2D eigenvalue weighted by Gasteiger charge is 2.13. The summed E-state index contributed by atoms with van der Waals surface area (Å²) in [5.74, 6) is -0.476. The van der Waals surface area contributed by atoms with Crippen molar-refractivity contribution in [2.45, 2.75) is 0 Å². The molecule has 2 amide bonds. The van der Waals surface area contributed by atoms with Gasteiger partial charge in [-0.05, 0) is 48.5 Å². The summed E-state index contributed by atoms with van der Waals surface area (Å²) >= 11 is 6.17. The van der Waals surface area contributed by atoms with Crippen LogP contribution in [0.25, 0.3) is 11.3 Å². The maximum absolute atomic E-state index is 12.5. The number of carbonyl (C=O) groups excluding carboxylic acids is 2. The SMILES string of the molecule is O=C(Nc1ccc(NC(=O)c2ccco2)cc1)c1cc(-c2ccccc2Cl)n[nH]1. The topological polar surface area (TPSA) is 100 Å². The number of nitrogens with zero attached hydrogens (tertiary/aromatic N) is 1. The third-order valence-corrected chi connectivity index (χ3v) is 4.45. The van der Waals surface area contributed by atoms with E-state index in [2.05, 4.69) is 20.8 Å². The summed E-state index contributed by atoms with van der Waals surface area (Å²) in [4.78, 5) is 24.4. The molecule has 0 spiro atoms. The van der Waals surface area contributed by atoms with Crippen LogP contribution < -0.4 is 10.6 Å². The van der Waals surface area contributed by atoms with Crippen molar-refractivity contribution in [2.24, 2.45) is 0 Å². The van der Waals surface area contributed by atoms with Crippen LogP contribution in [0, 0.1) is 0 Å². The Morgan fingerprint density at radius 2 is 1.59 bits per heavy atom. The summed E-state index contributed by atoms with van der Waals surface area (Å²) in [6, 6.07) is 18.8. The molecular formula is C21H15ClN4O3. The number of rotatable bonds is 5. The molecule has 144 valence electrons. The van der Waals surface area contributed by atoms with Crippen LogP contribution in [0.3, 0.4) is 0 Å². The maximum Gasteiger partial charge on any atom is 0.291 e. The van der Waals surface area contributed by atoms with Gasteiger partial charge in [0, 0.05) is 16.9 Å². The molecule has 2 aromatic carbocycles. The molecule has 8 heteroatoms. The number of aromatic nitrogens is 2. The van der Waals surface area contributed by atoms with Gasteiger partial charge in [0.2, 0.25) is 0 Å². The molecule has 0 saturated heterocycles. The first-order chi connectivity index (χ1) is 14.1. The van der Waals surface area contributed by atoms with E-state index in [0.717, 1.165) is 5.56 Å². The van der Waals surface area contributed by atoms with Gasteiger partial charge in [-0.15, -0.1) is 0 Å². The highest BCUT2D eigenvalue weighted by molar-refractivity contribution is 6.33. The molecule has 0 radical (unpaired) electrons. The lowest BCUT2D eigenvalue weighted by atomic mass is 10.1. The van der Waals surface area contributed by atoms with Gasteiger partial charge in [-0.25, -0.2) is 0 Å². The molecule has 0 aliphatic rings. The van der Waals surface area contributed by atoms with Gasteiger partial charge in [0.25, 0.3) is 11.8 Å². The van der Waals surface area contributed by atoms with Crippen molar-refractivity contribution in [1.29, 1.82) is 0 Å². The second-order valence-corrected chi connectivity index (χ2v) is 6.52. The van der Waals surface area contributed by atoms with Crippen molar-refractivity contribution < 1.29 is 14.0 Å². The summed E-state index contributed by atoms with van der Waals surface area (Å²) < 4.78 is 5.05. The van der Waals surface area contributed by atoms with Crippen LogP contribution in [0.5, 0.6) is 0 Å². The van der Waals surface area contributed by atoms with Crippen molar-refractivity contribution in [1.82, 2.24) is 10.2 Å². The highest BCUT2D eigenvalue weighted by Crippen LogP contribution is 2.26. The summed E-state index contributed by atoms with van der Waals surface area (Å²) in [6.45, 7) is 0. The summed E-state index contributed by atoms with van der Waals surface area (Å²) in [5, 5.41) is 12.9. The number of H-pyrrole nitrogens is 1. The first kappa shape index (κ1) is 18.5. The number of hydrogen-bond acceptors (Lipinski definition) is 4. The van der Waals surface area contributed by atoms with Gasteiger partial charge < -0.3 is 15.1 Å². The van der Waals surface area contributed by atoms with E-state index in [1.54, 1.807) is 48.5 Å². The molecular weight excluding hydrogens is 392 g/mol. The lowest BCUT2D eigenvalue weighted by Crippen LogP contribution is -2.13. The molecule has 7 nitrogen and oxygen atoms in total. The number of hydrogen-bond donors (Lipinski definition) is 3. The zero-order valence-corrected chi connectivity index (χ0v) is 15.7. The number of nitrogens with one attached hydrogen (secondary N) is 3. The van der Waals surface area contributed by atoms with E-state index in [1.807, 2.05) is 18.2 Å². The molecule has 0 atom stereocenters. The molecule has 0 aliphatic carbocycles. The van der Waals surface area contributed by atoms with Crippen LogP contribution >= 0.6 is 11.6 Å². The number of halogens is 1. The lowest BCUT2D eigenvalue weighted by molar-refractivity contribution is 0.0994. The Morgan fingerprint density at radius 3 is 2.24 bits per heavy atom. The molecule has 0 aliphatic heterocycles. The minimum Gasteiger partial charge on any atom is -0.459 e. The normalized spacial score (nSPS) is 10.5. The van der Waals surface area contributed by atoms with Crippen LogP contribution in [0.15, 0.2) is 77.4 Å². The van der Waals surface area contributed by atoms with E-state index < -0.39 is 0 Å². The zero-order valence-electron chi connectivity index (χ0n) is 15.0. The lowest BCUT2D eigenvalue weighted by Gasteiger charge is -2.06. The van der Waals surface area contributed by atoms with Crippen LogP contribution in [0.2, 0.25) is 5.02 Å². The molecule has 0 fully saturated rings. The Labute approximate surface area is 170 Å². The quantitative estimate of drug-likeness (QED) is 0.442. The Balaban J connectivity index is 1.41. The van der Waals surface area contributed by atoms with Gasteiger partial charge in [-0.3, -0.25) is 14.7 Å². The summed E-state index contributed by atoms with van der Waals surface area (Å²) in [5.41, 5.74) is 2.76. The van der Waals surface area contributed by atoms with E-state index in [0.29, 0.717) is 27.8 Å². The Kier molecular flexibility index (Phi) is 5.13. The standard InChI is InChI=1S/C21H15ClN4O3/c22-16-5-2-1-4-15(16)17-12-18(26-25-17)20(27)23-13-7-9-14(10-8-13)24-21(28)19-6-3-11-29-19/h1-12H,(H,23,27)(H,24,28)(H,25,26). The van der Waals surface area contributed by atoms with E-state index >= 15 is 0 Å². The second kappa shape index (κ2) is 8.04. The molecule has 4 aromatic rings. The van der Waals surface area contributed by atoms with E-state index in [4.69, 9.17) is 16.0 Å². The van der Waals surface area contributed by atoms with Crippen molar-refractivity contribution in [3.05, 3.63) is 89.5 Å². The smallest absolute Gasteiger partial charge is 0.291 e. The van der Waals surface area contributed by atoms with Crippen LogP contribution in [0.4, 0.5) is 11.4 Å². The third-order valence-electron chi connectivity index (χ3n) is 4.12. The average Bonchev–Trinajstić information content (AvgIpc) is 3.42. The summed E-state index contributed by atoms with van der Waals surface area (Å²) in [6.07, 6.45) is 1.43. The maximum atomic E-state index is 12.5. The fourth-order valence-electron chi connectivity index (χ4n) is 2.68. The van der Waals surface area contributed by atoms with Gasteiger partial charge >= 0.3 is 0 Å². The van der Waals surface area contributed by atoms with Crippen molar-refractivity contribution >= 4 is 34.8 Å².